The summed E-state index contributed by atoms with van der Waals surface area (Å²) in [6.45, 7) is 0. The molecule has 3 N–H and O–H groups in total. The molecule has 1 aromatic carbocycles. The molecule has 0 aliphatic rings. The molecule has 1 aromatic rings. The van der Waals surface area contributed by atoms with Crippen molar-refractivity contribution in [2.45, 2.75) is 0 Å². The van der Waals surface area contributed by atoms with Crippen molar-refractivity contribution in [2.24, 2.45) is 0 Å². The standard InChI is InChI=1S/C7H6O2.BH3O3.K/c8-7(9)6-4-2-1-3-5-6;2-1(3)4;/h1-5H,(H,8,9);2-4H;/q;;+1/p-1. The van der Waals surface area contributed by atoms with E-state index in [2.05, 4.69) is 0 Å². The molecule has 7 heteroatoms. The smallest absolute Gasteiger partial charge is 0.545 e. The first-order valence-electron chi connectivity index (χ1n) is 3.34. The molecular weight excluding hydrogens is 214 g/mol. The summed E-state index contributed by atoms with van der Waals surface area (Å²) in [5.41, 5.74) is 0.220. The Morgan fingerprint density at radius 2 is 1.50 bits per heavy atom. The van der Waals surface area contributed by atoms with Crippen LogP contribution in [-0.2, 0) is 0 Å². The summed E-state index contributed by atoms with van der Waals surface area (Å²) in [4.78, 5) is 10.1. The normalized spacial score (nSPS) is 7.64. The van der Waals surface area contributed by atoms with E-state index in [1.807, 2.05) is 0 Å². The van der Waals surface area contributed by atoms with Crippen molar-refractivity contribution in [1.82, 2.24) is 0 Å². The van der Waals surface area contributed by atoms with Gasteiger partial charge in [0.25, 0.3) is 0 Å². The molecule has 14 heavy (non-hydrogen) atoms. The van der Waals surface area contributed by atoms with Crippen LogP contribution in [0.2, 0.25) is 0 Å². The van der Waals surface area contributed by atoms with E-state index in [0.29, 0.717) is 0 Å². The van der Waals surface area contributed by atoms with Crippen LogP contribution in [0.4, 0.5) is 0 Å². The number of rotatable bonds is 1. The van der Waals surface area contributed by atoms with Crippen molar-refractivity contribution in [3.05, 3.63) is 35.9 Å². The minimum absolute atomic E-state index is 0. The molecule has 0 heterocycles. The largest absolute Gasteiger partial charge is 1.00 e. The summed E-state index contributed by atoms with van der Waals surface area (Å²) in [5.74, 6) is -1.13. The summed E-state index contributed by atoms with van der Waals surface area (Å²) in [6, 6.07) is 8.06. The van der Waals surface area contributed by atoms with Crippen molar-refractivity contribution < 1.29 is 76.4 Å². The van der Waals surface area contributed by atoms with E-state index in [-0.39, 0.29) is 56.9 Å². The van der Waals surface area contributed by atoms with Crippen LogP contribution in [-0.4, -0.2) is 28.4 Å². The van der Waals surface area contributed by atoms with E-state index in [9.17, 15) is 9.90 Å². The Hall–Kier alpha value is 0.271. The van der Waals surface area contributed by atoms with Crippen LogP contribution in [0.3, 0.4) is 0 Å². The first-order chi connectivity index (χ1) is 6.04. The number of hydrogen-bond donors (Lipinski definition) is 3. The molecule has 0 unspecified atom stereocenters. The van der Waals surface area contributed by atoms with Crippen LogP contribution in [0.5, 0.6) is 0 Å². The third kappa shape index (κ3) is 10.4. The van der Waals surface area contributed by atoms with Crippen LogP contribution in [0.25, 0.3) is 0 Å². The number of carboxylic acids is 1. The molecule has 0 aliphatic heterocycles. The molecule has 0 bridgehead atoms. The third-order valence-electron chi connectivity index (χ3n) is 1.01. The summed E-state index contributed by atoms with van der Waals surface area (Å²) in [7, 11) is -2.17. The topological polar surface area (TPSA) is 101 Å². The summed E-state index contributed by atoms with van der Waals surface area (Å²) < 4.78 is 0. The van der Waals surface area contributed by atoms with Gasteiger partial charge >= 0.3 is 58.7 Å². The van der Waals surface area contributed by atoms with Crippen LogP contribution >= 0.6 is 0 Å². The van der Waals surface area contributed by atoms with Crippen LogP contribution < -0.4 is 56.5 Å². The van der Waals surface area contributed by atoms with E-state index in [1.54, 1.807) is 18.2 Å². The van der Waals surface area contributed by atoms with Crippen LogP contribution in [0, 0.1) is 0 Å². The van der Waals surface area contributed by atoms with E-state index >= 15 is 0 Å². The minimum Gasteiger partial charge on any atom is -0.545 e. The zero-order chi connectivity index (χ0) is 10.3. The Morgan fingerprint density at radius 3 is 1.71 bits per heavy atom. The second kappa shape index (κ2) is 9.81. The van der Waals surface area contributed by atoms with Gasteiger partial charge in [-0.05, 0) is 5.56 Å². The molecule has 0 atom stereocenters. The third-order valence-corrected chi connectivity index (χ3v) is 1.01. The van der Waals surface area contributed by atoms with Gasteiger partial charge in [0.2, 0.25) is 0 Å². The second-order valence-electron chi connectivity index (χ2n) is 2.00. The van der Waals surface area contributed by atoms with Crippen molar-refractivity contribution in [2.75, 3.05) is 0 Å². The maximum atomic E-state index is 10.1. The molecule has 0 spiro atoms. The van der Waals surface area contributed by atoms with Crippen molar-refractivity contribution in [1.29, 1.82) is 0 Å². The molecule has 0 fully saturated rings. The number of aromatic carboxylic acids is 1. The fraction of sp³-hybridized carbons (Fsp3) is 0. The van der Waals surface area contributed by atoms with Crippen molar-refractivity contribution in [3.8, 4) is 0 Å². The van der Waals surface area contributed by atoms with E-state index < -0.39 is 13.3 Å². The Balaban J connectivity index is 0. The van der Waals surface area contributed by atoms with Crippen molar-refractivity contribution in [3.63, 3.8) is 0 Å². The molecule has 1 rings (SSSR count). The number of hydrogen-bond acceptors (Lipinski definition) is 5. The maximum Gasteiger partial charge on any atom is 1.00 e. The number of carbonyl (C=O) groups excluding carboxylic acids is 1. The van der Waals surface area contributed by atoms with E-state index in [4.69, 9.17) is 15.1 Å². The molecule has 70 valence electrons. The van der Waals surface area contributed by atoms with Gasteiger partial charge in [-0.25, -0.2) is 0 Å². The van der Waals surface area contributed by atoms with Gasteiger partial charge in [0.1, 0.15) is 0 Å². The quantitative estimate of drug-likeness (QED) is 0.413. The zero-order valence-corrected chi connectivity index (χ0v) is 10.7. The van der Waals surface area contributed by atoms with Crippen molar-refractivity contribution >= 4 is 13.3 Å². The zero-order valence-electron chi connectivity index (χ0n) is 7.62. The fourth-order valence-corrected chi connectivity index (χ4v) is 0.574. The summed E-state index contributed by atoms with van der Waals surface area (Å²) in [5, 5.41) is 31.6. The van der Waals surface area contributed by atoms with E-state index in [0.717, 1.165) is 0 Å². The fourth-order valence-electron chi connectivity index (χ4n) is 0.574. The van der Waals surface area contributed by atoms with Gasteiger partial charge in [0.15, 0.2) is 0 Å². The Morgan fingerprint density at radius 1 is 1.14 bits per heavy atom. The molecule has 0 saturated carbocycles. The van der Waals surface area contributed by atoms with Gasteiger partial charge in [-0.2, -0.15) is 0 Å². The number of benzene rings is 1. The molecular formula is C7H8BKO5. The molecule has 0 aromatic heterocycles. The summed E-state index contributed by atoms with van der Waals surface area (Å²) in [6.07, 6.45) is 0. The van der Waals surface area contributed by atoms with Gasteiger partial charge in [0, 0.05) is 0 Å². The predicted molar refractivity (Wildman–Crippen MR) is 43.2 cm³/mol. The van der Waals surface area contributed by atoms with Gasteiger partial charge in [-0.3, -0.25) is 0 Å². The molecule has 0 aliphatic carbocycles. The van der Waals surface area contributed by atoms with Gasteiger partial charge in [0.05, 0.1) is 5.97 Å². The Labute approximate surface area is 124 Å². The predicted octanol–water partition coefficient (Wildman–Crippen LogP) is -5.00. The van der Waals surface area contributed by atoms with Gasteiger partial charge in [-0.15, -0.1) is 0 Å². The molecule has 5 nitrogen and oxygen atoms in total. The van der Waals surface area contributed by atoms with Gasteiger partial charge < -0.3 is 25.0 Å². The van der Waals surface area contributed by atoms with E-state index in [1.165, 1.54) is 12.1 Å². The number of carbonyl (C=O) groups is 1. The average molecular weight is 222 g/mol. The Bertz CT molecular complexity index is 251. The summed E-state index contributed by atoms with van der Waals surface area (Å²) >= 11 is 0. The maximum absolute atomic E-state index is 10.1. The molecule has 0 amide bonds. The molecule has 0 radical (unpaired) electrons. The minimum atomic E-state index is -2.17. The first-order valence-corrected chi connectivity index (χ1v) is 3.34. The SMILES string of the molecule is O=C([O-])c1ccccc1.OB(O)O.[K+]. The second-order valence-corrected chi connectivity index (χ2v) is 2.00. The van der Waals surface area contributed by atoms with Crippen LogP contribution in [0.15, 0.2) is 30.3 Å². The monoisotopic (exact) mass is 222 g/mol. The molecule has 0 saturated heterocycles. The Kier molecular flexibility index (Phi) is 11.7. The first kappa shape index (κ1) is 16.7. The number of carboxylic acid groups (broad SMARTS) is 1. The average Bonchev–Trinajstić information content (AvgIpc) is 2.05. The van der Waals surface area contributed by atoms with Crippen LogP contribution in [0.1, 0.15) is 10.4 Å². The van der Waals surface area contributed by atoms with Gasteiger partial charge in [-0.1, -0.05) is 30.3 Å².